The van der Waals surface area contributed by atoms with E-state index in [1.807, 2.05) is 25.3 Å². The molecule has 0 aliphatic carbocycles. The number of piperazine rings is 1. The number of amides is 1. The zero-order valence-corrected chi connectivity index (χ0v) is 14.3. The van der Waals surface area contributed by atoms with Crippen LogP contribution in [0.5, 0.6) is 0 Å². The Morgan fingerprint density at radius 3 is 2.52 bits per heavy atom. The summed E-state index contributed by atoms with van der Waals surface area (Å²) >= 11 is 1.47. The number of hydrogen-bond donors (Lipinski definition) is 1. The van der Waals surface area contributed by atoms with Gasteiger partial charge in [-0.2, -0.15) is 0 Å². The molecule has 0 saturated carbocycles. The molecule has 1 saturated heterocycles. The summed E-state index contributed by atoms with van der Waals surface area (Å²) in [6, 6.07) is 10.3. The van der Waals surface area contributed by atoms with E-state index in [1.54, 1.807) is 0 Å². The maximum atomic E-state index is 12.4. The number of carbonyl (C=O) groups is 1. The fourth-order valence-electron chi connectivity index (χ4n) is 2.79. The van der Waals surface area contributed by atoms with Crippen molar-refractivity contribution in [3.63, 3.8) is 0 Å². The van der Waals surface area contributed by atoms with Crippen LogP contribution in [-0.2, 0) is 4.79 Å². The Morgan fingerprint density at radius 1 is 1.22 bits per heavy atom. The van der Waals surface area contributed by atoms with Crippen molar-refractivity contribution in [2.75, 3.05) is 36.4 Å². The molecule has 1 fully saturated rings. The van der Waals surface area contributed by atoms with Crippen LogP contribution in [0.3, 0.4) is 0 Å². The Balaban J connectivity index is 1.53. The number of hydrogen-bond acceptors (Lipinski definition) is 5. The van der Waals surface area contributed by atoms with Crippen LogP contribution < -0.4 is 10.2 Å². The molecule has 3 rings (SSSR count). The molecule has 1 atom stereocenters. The van der Waals surface area contributed by atoms with Crippen molar-refractivity contribution in [2.45, 2.75) is 19.9 Å². The van der Waals surface area contributed by atoms with E-state index >= 15 is 0 Å². The third kappa shape index (κ3) is 3.89. The van der Waals surface area contributed by atoms with Crippen LogP contribution in [0, 0.1) is 6.92 Å². The van der Waals surface area contributed by atoms with E-state index in [9.17, 15) is 4.79 Å². The van der Waals surface area contributed by atoms with Crippen molar-refractivity contribution in [1.82, 2.24) is 9.88 Å². The van der Waals surface area contributed by atoms with Gasteiger partial charge in [0.25, 0.3) is 0 Å². The van der Waals surface area contributed by atoms with Crippen molar-refractivity contribution in [3.05, 3.63) is 41.4 Å². The van der Waals surface area contributed by atoms with Gasteiger partial charge in [0.15, 0.2) is 5.13 Å². The first-order chi connectivity index (χ1) is 11.1. The molecular formula is C17H22N4OS. The molecule has 5 nitrogen and oxygen atoms in total. The molecule has 6 heteroatoms. The molecule has 0 radical (unpaired) electrons. The average Bonchev–Trinajstić information content (AvgIpc) is 3.00. The van der Waals surface area contributed by atoms with Gasteiger partial charge in [0, 0.05) is 37.2 Å². The van der Waals surface area contributed by atoms with Gasteiger partial charge in [0.1, 0.15) is 0 Å². The Hall–Kier alpha value is -1.92. The molecule has 1 aromatic heterocycles. The largest absolute Gasteiger partial charge is 0.369 e. The third-order valence-electron chi connectivity index (χ3n) is 4.21. The summed E-state index contributed by atoms with van der Waals surface area (Å²) in [5.74, 6) is 0.0208. The first kappa shape index (κ1) is 16.0. The number of rotatable bonds is 4. The van der Waals surface area contributed by atoms with E-state index < -0.39 is 0 Å². The lowest BCUT2D eigenvalue weighted by molar-refractivity contribution is -0.120. The highest BCUT2D eigenvalue weighted by Crippen LogP contribution is 2.18. The normalized spacial score (nSPS) is 17.0. The maximum absolute atomic E-state index is 12.4. The first-order valence-corrected chi connectivity index (χ1v) is 8.78. The summed E-state index contributed by atoms with van der Waals surface area (Å²) in [6.07, 6.45) is 0. The molecule has 2 aromatic rings. The quantitative estimate of drug-likeness (QED) is 0.936. The van der Waals surface area contributed by atoms with Gasteiger partial charge in [0.05, 0.1) is 11.7 Å². The van der Waals surface area contributed by atoms with Gasteiger partial charge in [-0.25, -0.2) is 4.98 Å². The second kappa shape index (κ2) is 7.10. The Labute approximate surface area is 140 Å². The highest BCUT2D eigenvalue weighted by molar-refractivity contribution is 7.13. The minimum absolute atomic E-state index is 0.0208. The number of aromatic nitrogens is 1. The monoisotopic (exact) mass is 330 g/mol. The molecule has 1 aromatic carbocycles. The van der Waals surface area contributed by atoms with Crippen molar-refractivity contribution >= 4 is 28.1 Å². The van der Waals surface area contributed by atoms with Crippen LogP contribution in [0.15, 0.2) is 35.7 Å². The molecule has 0 spiro atoms. The summed E-state index contributed by atoms with van der Waals surface area (Å²) in [5.41, 5.74) is 2.19. The molecule has 23 heavy (non-hydrogen) atoms. The minimum atomic E-state index is -0.142. The summed E-state index contributed by atoms with van der Waals surface area (Å²) < 4.78 is 0. The van der Waals surface area contributed by atoms with Gasteiger partial charge >= 0.3 is 0 Å². The predicted octanol–water partition coefficient (Wildman–Crippen LogP) is 2.60. The molecule has 1 amide bonds. The van der Waals surface area contributed by atoms with E-state index in [0.717, 1.165) is 31.9 Å². The summed E-state index contributed by atoms with van der Waals surface area (Å²) in [5, 5.41) is 5.54. The van der Waals surface area contributed by atoms with Gasteiger partial charge in [0.2, 0.25) is 5.91 Å². The number of nitrogens with one attached hydrogen (secondary N) is 1. The lowest BCUT2D eigenvalue weighted by Gasteiger charge is -2.38. The van der Waals surface area contributed by atoms with E-state index in [2.05, 4.69) is 44.4 Å². The van der Waals surface area contributed by atoms with Crippen molar-refractivity contribution in [1.29, 1.82) is 0 Å². The Kier molecular flexibility index (Phi) is 4.93. The first-order valence-electron chi connectivity index (χ1n) is 7.90. The zero-order chi connectivity index (χ0) is 16.2. The highest BCUT2D eigenvalue weighted by Gasteiger charge is 2.26. The van der Waals surface area contributed by atoms with Crippen LogP contribution in [0.1, 0.15) is 12.6 Å². The van der Waals surface area contributed by atoms with Gasteiger partial charge < -0.3 is 10.2 Å². The summed E-state index contributed by atoms with van der Waals surface area (Å²) in [7, 11) is 0. The Morgan fingerprint density at radius 2 is 1.91 bits per heavy atom. The van der Waals surface area contributed by atoms with Crippen molar-refractivity contribution < 1.29 is 4.79 Å². The number of thiazole rings is 1. The van der Waals surface area contributed by atoms with Crippen LogP contribution in [0.25, 0.3) is 0 Å². The van der Waals surface area contributed by atoms with E-state index in [0.29, 0.717) is 5.13 Å². The van der Waals surface area contributed by atoms with Crippen molar-refractivity contribution in [2.24, 2.45) is 0 Å². The highest BCUT2D eigenvalue weighted by atomic mass is 32.1. The topological polar surface area (TPSA) is 48.5 Å². The molecule has 2 heterocycles. The summed E-state index contributed by atoms with van der Waals surface area (Å²) in [4.78, 5) is 21.3. The molecule has 1 N–H and O–H groups in total. The van der Waals surface area contributed by atoms with E-state index in [-0.39, 0.29) is 11.9 Å². The molecule has 0 bridgehead atoms. The number of para-hydroxylation sites is 1. The summed E-state index contributed by atoms with van der Waals surface area (Å²) in [6.45, 7) is 7.56. The molecule has 1 aliphatic heterocycles. The van der Waals surface area contributed by atoms with Crippen LogP contribution >= 0.6 is 11.3 Å². The number of carbonyl (C=O) groups excluding carboxylic acids is 1. The smallest absolute Gasteiger partial charge is 0.243 e. The second-order valence-electron chi connectivity index (χ2n) is 5.82. The molecule has 122 valence electrons. The fraction of sp³-hybridized carbons (Fsp3) is 0.412. The van der Waals surface area contributed by atoms with Gasteiger partial charge in [-0.1, -0.05) is 18.2 Å². The van der Waals surface area contributed by atoms with Gasteiger partial charge in [-0.05, 0) is 26.0 Å². The maximum Gasteiger partial charge on any atom is 0.243 e. The third-order valence-corrected chi connectivity index (χ3v) is 5.09. The number of anilines is 2. The standard InChI is InChI=1S/C17H22N4OS/c1-13-12-23-17(18-13)19-16(22)14(2)20-8-10-21(11-9-20)15-6-4-3-5-7-15/h3-7,12,14H,8-11H2,1-2H3,(H,18,19,22)/t14-/m0/s1. The number of aryl methyl sites for hydroxylation is 1. The lowest BCUT2D eigenvalue weighted by Crippen LogP contribution is -2.52. The average molecular weight is 330 g/mol. The predicted molar refractivity (Wildman–Crippen MR) is 95.2 cm³/mol. The van der Waals surface area contributed by atoms with E-state index in [4.69, 9.17) is 0 Å². The minimum Gasteiger partial charge on any atom is -0.369 e. The fourth-order valence-corrected chi connectivity index (χ4v) is 3.48. The van der Waals surface area contributed by atoms with Crippen LogP contribution in [0.2, 0.25) is 0 Å². The van der Waals surface area contributed by atoms with E-state index in [1.165, 1.54) is 17.0 Å². The number of nitrogens with zero attached hydrogens (tertiary/aromatic N) is 3. The van der Waals surface area contributed by atoms with Crippen molar-refractivity contribution in [3.8, 4) is 0 Å². The Bertz CT molecular complexity index is 650. The van der Waals surface area contributed by atoms with Gasteiger partial charge in [-0.3, -0.25) is 9.69 Å². The second-order valence-corrected chi connectivity index (χ2v) is 6.68. The molecule has 1 aliphatic rings. The number of benzene rings is 1. The SMILES string of the molecule is Cc1csc(NC(=O)[C@H](C)N2CCN(c3ccccc3)CC2)n1. The van der Waals surface area contributed by atoms with Crippen LogP contribution in [0.4, 0.5) is 10.8 Å². The molecule has 0 unspecified atom stereocenters. The molecular weight excluding hydrogens is 308 g/mol. The van der Waals surface area contributed by atoms with Crippen LogP contribution in [-0.4, -0.2) is 48.0 Å². The zero-order valence-electron chi connectivity index (χ0n) is 13.5. The van der Waals surface area contributed by atoms with Gasteiger partial charge in [-0.15, -0.1) is 11.3 Å². The lowest BCUT2D eigenvalue weighted by atomic mass is 10.2.